The first kappa shape index (κ1) is 11.5. The van der Waals surface area contributed by atoms with Crippen molar-refractivity contribution in [3.63, 3.8) is 0 Å². The van der Waals surface area contributed by atoms with Crippen LogP contribution >= 0.6 is 0 Å². The van der Waals surface area contributed by atoms with E-state index in [0.717, 1.165) is 4.90 Å². The van der Waals surface area contributed by atoms with Gasteiger partial charge in [0.05, 0.1) is 0 Å². The molecule has 1 unspecified atom stereocenters. The second-order valence-electron chi connectivity index (χ2n) is 3.76. The summed E-state index contributed by atoms with van der Waals surface area (Å²) in [4.78, 5) is 34.4. The molecule has 1 rings (SSSR count). The minimum Gasteiger partial charge on any atom is -0.480 e. The number of rotatable bonds is 2. The van der Waals surface area contributed by atoms with Crippen molar-refractivity contribution in [2.75, 3.05) is 0 Å². The number of carboxylic acid groups (broad SMARTS) is 1. The van der Waals surface area contributed by atoms with E-state index in [-0.39, 0.29) is 18.9 Å². The second kappa shape index (κ2) is 4.29. The van der Waals surface area contributed by atoms with Crippen LogP contribution in [0.4, 0.5) is 4.79 Å². The lowest BCUT2D eigenvalue weighted by Crippen LogP contribution is -2.49. The van der Waals surface area contributed by atoms with Gasteiger partial charge in [-0.05, 0) is 20.3 Å². The van der Waals surface area contributed by atoms with Crippen LogP contribution in [0.1, 0.15) is 26.7 Å². The van der Waals surface area contributed by atoms with Crippen LogP contribution in [0.15, 0.2) is 0 Å². The average molecular weight is 214 g/mol. The van der Waals surface area contributed by atoms with E-state index in [2.05, 4.69) is 5.32 Å². The Hall–Kier alpha value is -1.59. The number of hydrogen-bond donors (Lipinski definition) is 2. The molecule has 0 spiro atoms. The molecule has 3 amide bonds. The summed E-state index contributed by atoms with van der Waals surface area (Å²) in [6.07, 6.45) is 0.308. The van der Waals surface area contributed by atoms with Crippen molar-refractivity contribution in [2.45, 2.75) is 38.8 Å². The zero-order valence-corrected chi connectivity index (χ0v) is 8.69. The molecule has 1 aliphatic heterocycles. The first-order chi connectivity index (χ1) is 6.93. The summed E-state index contributed by atoms with van der Waals surface area (Å²) in [6.45, 7) is 3.49. The van der Waals surface area contributed by atoms with E-state index in [4.69, 9.17) is 5.11 Å². The molecule has 1 atom stereocenters. The lowest BCUT2D eigenvalue weighted by molar-refractivity contribution is -0.144. The largest absolute Gasteiger partial charge is 0.480 e. The van der Waals surface area contributed by atoms with Gasteiger partial charge < -0.3 is 10.4 Å². The molecule has 1 saturated heterocycles. The summed E-state index contributed by atoms with van der Waals surface area (Å²) in [5.74, 6) is -1.57. The van der Waals surface area contributed by atoms with Gasteiger partial charge in [0.25, 0.3) is 0 Å². The Morgan fingerprint density at radius 3 is 2.60 bits per heavy atom. The minimum atomic E-state index is -1.14. The molecule has 6 heteroatoms. The normalized spacial score (nSPS) is 20.9. The quantitative estimate of drug-likeness (QED) is 0.686. The number of nitrogens with zero attached hydrogens (tertiary/aromatic N) is 1. The van der Waals surface area contributed by atoms with Gasteiger partial charge in [-0.15, -0.1) is 0 Å². The predicted molar refractivity (Wildman–Crippen MR) is 51.2 cm³/mol. The minimum absolute atomic E-state index is 0.114. The summed E-state index contributed by atoms with van der Waals surface area (Å²) in [7, 11) is 0. The number of imide groups is 1. The van der Waals surface area contributed by atoms with E-state index in [0.29, 0.717) is 0 Å². The van der Waals surface area contributed by atoms with Crippen LogP contribution in [-0.4, -0.2) is 40.0 Å². The third-order valence-electron chi connectivity index (χ3n) is 2.13. The fourth-order valence-corrected chi connectivity index (χ4v) is 1.49. The molecule has 1 heterocycles. The van der Waals surface area contributed by atoms with Crippen molar-refractivity contribution in [3.8, 4) is 0 Å². The van der Waals surface area contributed by atoms with Gasteiger partial charge in [0.2, 0.25) is 5.91 Å². The van der Waals surface area contributed by atoms with Gasteiger partial charge in [0, 0.05) is 12.5 Å². The molecule has 0 bridgehead atoms. The highest BCUT2D eigenvalue weighted by Gasteiger charge is 2.40. The van der Waals surface area contributed by atoms with Gasteiger partial charge in [-0.2, -0.15) is 0 Å². The number of aliphatic carboxylic acids is 1. The SMILES string of the molecule is CC(C)NC(=O)N1C(=O)CCC1C(=O)O. The molecule has 0 saturated carbocycles. The molecular formula is C9H14N2O4. The fourth-order valence-electron chi connectivity index (χ4n) is 1.49. The molecule has 84 valence electrons. The van der Waals surface area contributed by atoms with Gasteiger partial charge in [0.15, 0.2) is 0 Å². The number of carbonyl (C=O) groups is 3. The van der Waals surface area contributed by atoms with Crippen LogP contribution in [0, 0.1) is 0 Å². The zero-order chi connectivity index (χ0) is 11.6. The summed E-state index contributed by atoms with van der Waals surface area (Å²) < 4.78 is 0. The van der Waals surface area contributed by atoms with Crippen molar-refractivity contribution in [2.24, 2.45) is 0 Å². The van der Waals surface area contributed by atoms with E-state index < -0.39 is 23.9 Å². The van der Waals surface area contributed by atoms with Crippen molar-refractivity contribution in [1.82, 2.24) is 10.2 Å². The highest BCUT2D eigenvalue weighted by molar-refractivity contribution is 6.00. The highest BCUT2D eigenvalue weighted by Crippen LogP contribution is 2.18. The number of likely N-dealkylation sites (tertiary alicyclic amines) is 1. The summed E-state index contributed by atoms with van der Waals surface area (Å²) in [6, 6.07) is -1.77. The molecule has 6 nitrogen and oxygen atoms in total. The molecule has 0 aromatic rings. The molecule has 2 N–H and O–H groups in total. The van der Waals surface area contributed by atoms with Crippen LogP contribution in [0.3, 0.4) is 0 Å². The maximum Gasteiger partial charge on any atom is 0.327 e. The number of urea groups is 1. The van der Waals surface area contributed by atoms with Gasteiger partial charge >= 0.3 is 12.0 Å². The molecular weight excluding hydrogens is 200 g/mol. The summed E-state index contributed by atoms with van der Waals surface area (Å²) in [5, 5.41) is 11.3. The number of carboxylic acids is 1. The van der Waals surface area contributed by atoms with Gasteiger partial charge in [0.1, 0.15) is 6.04 Å². The number of amides is 3. The van der Waals surface area contributed by atoms with Gasteiger partial charge in [-0.25, -0.2) is 14.5 Å². The van der Waals surface area contributed by atoms with Crippen LogP contribution in [0.2, 0.25) is 0 Å². The Kier molecular flexibility index (Phi) is 3.28. The van der Waals surface area contributed by atoms with E-state index in [1.807, 2.05) is 0 Å². The summed E-state index contributed by atoms with van der Waals surface area (Å²) >= 11 is 0. The first-order valence-corrected chi connectivity index (χ1v) is 4.79. The molecule has 0 aromatic heterocycles. The van der Waals surface area contributed by atoms with Crippen LogP contribution in [0.25, 0.3) is 0 Å². The predicted octanol–water partition coefficient (Wildman–Crippen LogP) is 0.180. The van der Waals surface area contributed by atoms with Crippen molar-refractivity contribution >= 4 is 17.9 Å². The van der Waals surface area contributed by atoms with E-state index >= 15 is 0 Å². The van der Waals surface area contributed by atoms with Crippen LogP contribution < -0.4 is 5.32 Å². The number of carbonyl (C=O) groups excluding carboxylic acids is 2. The molecule has 0 aromatic carbocycles. The van der Waals surface area contributed by atoms with Crippen molar-refractivity contribution in [3.05, 3.63) is 0 Å². The maximum absolute atomic E-state index is 11.5. The molecule has 1 aliphatic rings. The number of nitrogens with one attached hydrogen (secondary N) is 1. The Morgan fingerprint density at radius 1 is 1.53 bits per heavy atom. The number of hydrogen-bond acceptors (Lipinski definition) is 3. The van der Waals surface area contributed by atoms with Gasteiger partial charge in [-0.3, -0.25) is 4.79 Å². The molecule has 0 aliphatic carbocycles. The maximum atomic E-state index is 11.5. The Morgan fingerprint density at radius 2 is 2.13 bits per heavy atom. The monoisotopic (exact) mass is 214 g/mol. The smallest absolute Gasteiger partial charge is 0.327 e. The summed E-state index contributed by atoms with van der Waals surface area (Å²) in [5.41, 5.74) is 0. The molecule has 1 fully saturated rings. The third kappa shape index (κ3) is 2.45. The van der Waals surface area contributed by atoms with Crippen molar-refractivity contribution in [1.29, 1.82) is 0 Å². The first-order valence-electron chi connectivity index (χ1n) is 4.79. The van der Waals surface area contributed by atoms with Gasteiger partial charge in [-0.1, -0.05) is 0 Å². The van der Waals surface area contributed by atoms with Crippen LogP contribution in [-0.2, 0) is 9.59 Å². The highest BCUT2D eigenvalue weighted by atomic mass is 16.4. The third-order valence-corrected chi connectivity index (χ3v) is 2.13. The Labute approximate surface area is 87.2 Å². The lowest BCUT2D eigenvalue weighted by atomic mass is 10.2. The Bertz CT molecular complexity index is 300. The zero-order valence-electron chi connectivity index (χ0n) is 8.69. The lowest BCUT2D eigenvalue weighted by Gasteiger charge is -2.21. The fraction of sp³-hybridized carbons (Fsp3) is 0.667. The van der Waals surface area contributed by atoms with E-state index in [1.54, 1.807) is 13.8 Å². The Balaban J connectivity index is 2.76. The van der Waals surface area contributed by atoms with E-state index in [9.17, 15) is 14.4 Å². The van der Waals surface area contributed by atoms with Crippen LogP contribution in [0.5, 0.6) is 0 Å². The topological polar surface area (TPSA) is 86.7 Å². The van der Waals surface area contributed by atoms with Crippen molar-refractivity contribution < 1.29 is 19.5 Å². The molecule has 15 heavy (non-hydrogen) atoms. The second-order valence-corrected chi connectivity index (χ2v) is 3.76. The molecule has 0 radical (unpaired) electrons. The standard InChI is InChI=1S/C9H14N2O4/c1-5(2)10-9(15)11-6(8(13)14)3-4-7(11)12/h5-6H,3-4H2,1-2H3,(H,10,15)(H,13,14). The van der Waals surface area contributed by atoms with E-state index in [1.165, 1.54) is 0 Å². The average Bonchev–Trinajstić information content (AvgIpc) is 2.45.